The molecule has 0 aliphatic heterocycles. The Kier molecular flexibility index (Phi) is 7.25. The first-order chi connectivity index (χ1) is 15.2. The molecule has 0 heterocycles. The highest BCUT2D eigenvalue weighted by Gasteiger charge is 2.21. The zero-order valence-electron chi connectivity index (χ0n) is 17.7. The fourth-order valence-electron chi connectivity index (χ4n) is 3.03. The molecular formula is C24H23F2NO4S. The average molecular weight is 460 g/mol. The summed E-state index contributed by atoms with van der Waals surface area (Å²) in [6.45, 7) is 4.18. The van der Waals surface area contributed by atoms with Crippen molar-refractivity contribution >= 4 is 16.0 Å². The van der Waals surface area contributed by atoms with Crippen LogP contribution in [0.5, 0.6) is 5.75 Å². The maximum absolute atomic E-state index is 13.2. The Hall–Kier alpha value is -3.26. The topological polar surface area (TPSA) is 63.7 Å². The van der Waals surface area contributed by atoms with Crippen molar-refractivity contribution in [1.29, 1.82) is 0 Å². The molecule has 1 amide bonds. The summed E-state index contributed by atoms with van der Waals surface area (Å²) in [6.07, 6.45) is 0.726. The summed E-state index contributed by atoms with van der Waals surface area (Å²) < 4.78 is 56.1. The molecule has 0 N–H and O–H groups in total. The molecule has 1 unspecified atom stereocenters. The highest BCUT2D eigenvalue weighted by Crippen LogP contribution is 2.22. The van der Waals surface area contributed by atoms with Gasteiger partial charge in [-0.25, -0.2) is 8.78 Å². The second kappa shape index (κ2) is 9.91. The molecule has 0 aliphatic rings. The monoisotopic (exact) mass is 459 g/mol. The van der Waals surface area contributed by atoms with Crippen LogP contribution in [0.25, 0.3) is 0 Å². The van der Waals surface area contributed by atoms with Gasteiger partial charge in [0.15, 0.2) is 0 Å². The van der Waals surface area contributed by atoms with Gasteiger partial charge in [-0.2, -0.15) is 8.42 Å². The molecule has 3 aromatic carbocycles. The molecule has 0 fully saturated rings. The maximum Gasteiger partial charge on any atom is 0.339 e. The van der Waals surface area contributed by atoms with Crippen LogP contribution >= 0.6 is 0 Å². The van der Waals surface area contributed by atoms with Gasteiger partial charge in [0.05, 0.1) is 0 Å². The van der Waals surface area contributed by atoms with Gasteiger partial charge >= 0.3 is 10.1 Å². The smallest absolute Gasteiger partial charge is 0.339 e. The van der Waals surface area contributed by atoms with Crippen LogP contribution in [-0.4, -0.2) is 25.3 Å². The Bertz CT molecular complexity index is 1160. The highest BCUT2D eigenvalue weighted by atomic mass is 32.2. The average Bonchev–Trinajstić information content (AvgIpc) is 2.78. The van der Waals surface area contributed by atoms with Crippen molar-refractivity contribution in [3.8, 4) is 5.75 Å². The summed E-state index contributed by atoms with van der Waals surface area (Å²) in [5.41, 5.74) is 1.16. The summed E-state index contributed by atoms with van der Waals surface area (Å²) in [6, 6.07) is 16.0. The molecule has 0 saturated carbocycles. The lowest BCUT2D eigenvalue weighted by Crippen LogP contribution is -2.37. The number of hydrogen-bond donors (Lipinski definition) is 0. The number of carbonyl (C=O) groups is 1. The Labute approximate surface area is 186 Å². The summed E-state index contributed by atoms with van der Waals surface area (Å²) in [5.74, 6) is -1.09. The van der Waals surface area contributed by atoms with Crippen molar-refractivity contribution in [3.63, 3.8) is 0 Å². The molecule has 0 aliphatic carbocycles. The van der Waals surface area contributed by atoms with E-state index >= 15 is 0 Å². The van der Waals surface area contributed by atoms with Gasteiger partial charge in [0, 0.05) is 18.2 Å². The minimum Gasteiger partial charge on any atom is -0.379 e. The molecule has 8 heteroatoms. The highest BCUT2D eigenvalue weighted by molar-refractivity contribution is 7.87. The first-order valence-corrected chi connectivity index (χ1v) is 11.5. The Balaban J connectivity index is 1.75. The lowest BCUT2D eigenvalue weighted by Gasteiger charge is -2.29. The van der Waals surface area contributed by atoms with E-state index in [1.54, 1.807) is 17.0 Å². The molecule has 0 spiro atoms. The van der Waals surface area contributed by atoms with E-state index in [4.69, 9.17) is 4.18 Å². The summed E-state index contributed by atoms with van der Waals surface area (Å²) in [7, 11) is -4.10. The number of halogens is 2. The van der Waals surface area contributed by atoms with Crippen LogP contribution in [0, 0.1) is 11.6 Å². The minimum atomic E-state index is -4.10. The third kappa shape index (κ3) is 5.70. The van der Waals surface area contributed by atoms with E-state index < -0.39 is 21.8 Å². The fourth-order valence-corrected chi connectivity index (χ4v) is 3.96. The van der Waals surface area contributed by atoms with Crippen LogP contribution < -0.4 is 4.18 Å². The molecule has 0 radical (unpaired) electrons. The predicted molar refractivity (Wildman–Crippen MR) is 117 cm³/mol. The van der Waals surface area contributed by atoms with E-state index in [1.165, 1.54) is 36.4 Å². The number of amides is 1. The molecule has 0 aromatic heterocycles. The van der Waals surface area contributed by atoms with Crippen molar-refractivity contribution in [2.45, 2.75) is 37.8 Å². The second-order valence-electron chi connectivity index (χ2n) is 7.33. The minimum absolute atomic E-state index is 0.0673. The van der Waals surface area contributed by atoms with E-state index in [0.29, 0.717) is 5.56 Å². The third-order valence-corrected chi connectivity index (χ3v) is 6.32. The Morgan fingerprint density at radius 2 is 1.44 bits per heavy atom. The standard InChI is InChI=1S/C24H23F2NO4S/c1-3-17(2)27(24(28)19-6-8-20(25)9-7-19)16-18-4-12-22(13-5-18)31-32(29,30)23-14-10-21(26)11-15-23/h4-15,17H,3,16H2,1-2H3. The van der Waals surface area contributed by atoms with Crippen molar-refractivity contribution in [2.75, 3.05) is 0 Å². The molecule has 0 bridgehead atoms. The lowest BCUT2D eigenvalue weighted by molar-refractivity contribution is 0.0671. The molecule has 5 nitrogen and oxygen atoms in total. The number of rotatable bonds is 8. The second-order valence-corrected chi connectivity index (χ2v) is 8.88. The Morgan fingerprint density at radius 3 is 1.97 bits per heavy atom. The lowest BCUT2D eigenvalue weighted by atomic mass is 10.1. The first-order valence-electron chi connectivity index (χ1n) is 10.0. The quantitative estimate of drug-likeness (QED) is 0.436. The Morgan fingerprint density at radius 1 is 0.906 bits per heavy atom. The third-order valence-electron chi connectivity index (χ3n) is 5.06. The number of nitrogens with zero attached hydrogens (tertiary/aromatic N) is 1. The van der Waals surface area contributed by atoms with E-state index in [1.807, 2.05) is 13.8 Å². The fraction of sp³-hybridized carbons (Fsp3) is 0.208. The van der Waals surface area contributed by atoms with Gasteiger partial charge in [0.1, 0.15) is 22.3 Å². The van der Waals surface area contributed by atoms with Crippen molar-refractivity contribution < 1.29 is 26.2 Å². The van der Waals surface area contributed by atoms with Crippen LogP contribution in [0.4, 0.5) is 8.78 Å². The zero-order valence-corrected chi connectivity index (χ0v) is 18.5. The van der Waals surface area contributed by atoms with Gasteiger partial charge in [-0.15, -0.1) is 0 Å². The largest absolute Gasteiger partial charge is 0.379 e. The van der Waals surface area contributed by atoms with Crippen LogP contribution in [0.1, 0.15) is 36.2 Å². The van der Waals surface area contributed by atoms with Gasteiger partial charge < -0.3 is 9.08 Å². The van der Waals surface area contributed by atoms with Crippen LogP contribution in [0.2, 0.25) is 0 Å². The first kappa shape index (κ1) is 23.4. The molecule has 3 rings (SSSR count). The van der Waals surface area contributed by atoms with E-state index in [9.17, 15) is 22.0 Å². The molecular weight excluding hydrogens is 436 g/mol. The predicted octanol–water partition coefficient (Wildman–Crippen LogP) is 5.17. The number of benzene rings is 3. The van der Waals surface area contributed by atoms with E-state index in [0.717, 1.165) is 36.2 Å². The summed E-state index contributed by atoms with van der Waals surface area (Å²) in [4.78, 5) is 14.5. The van der Waals surface area contributed by atoms with E-state index in [-0.39, 0.29) is 29.1 Å². The van der Waals surface area contributed by atoms with Crippen LogP contribution in [0.15, 0.2) is 77.7 Å². The van der Waals surface area contributed by atoms with Gasteiger partial charge in [0.25, 0.3) is 5.91 Å². The van der Waals surface area contributed by atoms with Crippen LogP contribution in [0.3, 0.4) is 0 Å². The maximum atomic E-state index is 13.2. The van der Waals surface area contributed by atoms with Crippen molar-refractivity contribution in [2.24, 2.45) is 0 Å². The SMILES string of the molecule is CCC(C)N(Cc1ccc(OS(=O)(=O)c2ccc(F)cc2)cc1)C(=O)c1ccc(F)cc1. The zero-order chi connectivity index (χ0) is 23.3. The van der Waals surface area contributed by atoms with Gasteiger partial charge in [-0.3, -0.25) is 4.79 Å². The number of hydrogen-bond acceptors (Lipinski definition) is 4. The van der Waals surface area contributed by atoms with Crippen molar-refractivity contribution in [3.05, 3.63) is 95.6 Å². The molecule has 3 aromatic rings. The molecule has 32 heavy (non-hydrogen) atoms. The van der Waals surface area contributed by atoms with Gasteiger partial charge in [-0.1, -0.05) is 19.1 Å². The summed E-state index contributed by atoms with van der Waals surface area (Å²) in [5, 5.41) is 0. The van der Waals surface area contributed by atoms with Gasteiger partial charge in [0.2, 0.25) is 0 Å². The molecule has 0 saturated heterocycles. The normalized spacial score (nSPS) is 12.2. The summed E-state index contributed by atoms with van der Waals surface area (Å²) >= 11 is 0. The van der Waals surface area contributed by atoms with Crippen LogP contribution in [-0.2, 0) is 16.7 Å². The van der Waals surface area contributed by atoms with Crippen molar-refractivity contribution in [1.82, 2.24) is 4.90 Å². The van der Waals surface area contributed by atoms with E-state index in [2.05, 4.69) is 0 Å². The molecule has 1 atom stereocenters. The molecule has 168 valence electrons. The van der Waals surface area contributed by atoms with Gasteiger partial charge in [-0.05, 0) is 79.6 Å². The number of carbonyl (C=O) groups excluding carboxylic acids is 1.